The van der Waals surface area contributed by atoms with Gasteiger partial charge in [0.25, 0.3) is 0 Å². The highest BCUT2D eigenvalue weighted by Gasteiger charge is 2.06. The van der Waals surface area contributed by atoms with Gasteiger partial charge in [-0.05, 0) is 37.3 Å². The molecule has 0 amide bonds. The average molecular weight is 272 g/mol. The predicted molar refractivity (Wildman–Crippen MR) is 75.6 cm³/mol. The van der Waals surface area contributed by atoms with E-state index in [1.54, 1.807) is 24.4 Å². The second-order valence-corrected chi connectivity index (χ2v) is 3.99. The van der Waals surface area contributed by atoms with Crippen molar-refractivity contribution in [3.05, 3.63) is 53.9 Å². The number of benzene rings is 1. The number of oxime groups is 1. The molecule has 1 heterocycles. The van der Waals surface area contributed by atoms with Crippen molar-refractivity contribution in [1.82, 2.24) is 4.98 Å². The Kier molecular flexibility index (Phi) is 4.94. The van der Waals surface area contributed by atoms with Crippen molar-refractivity contribution in [2.45, 2.75) is 13.5 Å². The van der Waals surface area contributed by atoms with Crippen LogP contribution in [0.15, 0.2) is 47.8 Å². The summed E-state index contributed by atoms with van der Waals surface area (Å²) < 4.78 is 11.2. The highest BCUT2D eigenvalue weighted by molar-refractivity contribution is 5.80. The summed E-state index contributed by atoms with van der Waals surface area (Å²) >= 11 is 0. The summed E-state index contributed by atoms with van der Waals surface area (Å²) in [6.45, 7) is 2.79. The highest BCUT2D eigenvalue weighted by atomic mass is 16.5. The number of hydrogen-bond acceptors (Lipinski definition) is 5. The molecule has 2 rings (SSSR count). The molecule has 104 valence electrons. The lowest BCUT2D eigenvalue weighted by atomic mass is 10.2. The van der Waals surface area contributed by atoms with Crippen molar-refractivity contribution in [3.63, 3.8) is 0 Å². The van der Waals surface area contributed by atoms with Gasteiger partial charge in [-0.15, -0.1) is 0 Å². The molecule has 0 aliphatic heterocycles. The van der Waals surface area contributed by atoms with Gasteiger partial charge >= 0.3 is 0 Å². The summed E-state index contributed by atoms with van der Waals surface area (Å²) in [5, 5.41) is 11.5. The van der Waals surface area contributed by atoms with Gasteiger partial charge in [0.2, 0.25) is 0 Å². The number of hydrogen-bond donors (Lipinski definition) is 1. The predicted octanol–water partition coefficient (Wildman–Crippen LogP) is 2.87. The second kappa shape index (κ2) is 7.13. The van der Waals surface area contributed by atoms with Crippen LogP contribution in [0.25, 0.3) is 0 Å². The van der Waals surface area contributed by atoms with Crippen LogP contribution in [0.3, 0.4) is 0 Å². The zero-order valence-corrected chi connectivity index (χ0v) is 11.2. The molecule has 5 nitrogen and oxygen atoms in total. The Morgan fingerprint density at radius 1 is 1.20 bits per heavy atom. The maximum atomic E-state index is 8.55. The standard InChI is InChI=1S/C15H16N2O3/c1-2-19-15-9-12(10-17-18)6-7-14(15)20-11-13-5-3-4-8-16-13/h3-10,18H,2,11H2,1H3/b17-10-. The van der Waals surface area contributed by atoms with Crippen molar-refractivity contribution in [2.75, 3.05) is 6.61 Å². The van der Waals surface area contributed by atoms with Crippen LogP contribution in [0, 0.1) is 0 Å². The van der Waals surface area contributed by atoms with Gasteiger partial charge in [0.1, 0.15) is 6.61 Å². The summed E-state index contributed by atoms with van der Waals surface area (Å²) in [5.41, 5.74) is 1.58. The summed E-state index contributed by atoms with van der Waals surface area (Å²) in [6, 6.07) is 11.0. The molecule has 20 heavy (non-hydrogen) atoms. The van der Waals surface area contributed by atoms with Crippen LogP contribution < -0.4 is 9.47 Å². The fourth-order valence-electron chi connectivity index (χ4n) is 1.69. The average Bonchev–Trinajstić information content (AvgIpc) is 2.48. The summed E-state index contributed by atoms with van der Waals surface area (Å²) in [5.74, 6) is 1.24. The third kappa shape index (κ3) is 3.71. The number of pyridine rings is 1. The molecular formula is C15H16N2O3. The second-order valence-electron chi connectivity index (χ2n) is 3.99. The quantitative estimate of drug-likeness (QED) is 0.499. The molecule has 0 aliphatic carbocycles. The number of aromatic nitrogens is 1. The molecule has 0 radical (unpaired) electrons. The first-order chi connectivity index (χ1) is 9.83. The van der Waals surface area contributed by atoms with Crippen molar-refractivity contribution in [1.29, 1.82) is 0 Å². The molecule has 0 spiro atoms. The van der Waals surface area contributed by atoms with E-state index >= 15 is 0 Å². The topological polar surface area (TPSA) is 63.9 Å². The van der Waals surface area contributed by atoms with E-state index in [2.05, 4.69) is 10.1 Å². The van der Waals surface area contributed by atoms with E-state index in [9.17, 15) is 0 Å². The zero-order chi connectivity index (χ0) is 14.2. The largest absolute Gasteiger partial charge is 0.490 e. The Bertz CT molecular complexity index is 571. The Morgan fingerprint density at radius 2 is 2.10 bits per heavy atom. The Labute approximate surface area is 117 Å². The van der Waals surface area contributed by atoms with Gasteiger partial charge in [0.05, 0.1) is 18.5 Å². The number of ether oxygens (including phenoxy) is 2. The van der Waals surface area contributed by atoms with Gasteiger partial charge in [0, 0.05) is 11.8 Å². The fourth-order valence-corrected chi connectivity index (χ4v) is 1.69. The van der Waals surface area contributed by atoms with Crippen molar-refractivity contribution >= 4 is 6.21 Å². The van der Waals surface area contributed by atoms with E-state index in [4.69, 9.17) is 14.7 Å². The van der Waals surface area contributed by atoms with E-state index in [0.717, 1.165) is 11.3 Å². The van der Waals surface area contributed by atoms with Gasteiger partial charge in [-0.2, -0.15) is 0 Å². The van der Waals surface area contributed by atoms with Crippen LogP contribution in [0.5, 0.6) is 11.5 Å². The molecule has 2 aromatic rings. The normalized spacial score (nSPS) is 10.7. The highest BCUT2D eigenvalue weighted by Crippen LogP contribution is 2.28. The van der Waals surface area contributed by atoms with Crippen LogP contribution in [-0.2, 0) is 6.61 Å². The van der Waals surface area contributed by atoms with Crippen LogP contribution in [-0.4, -0.2) is 23.0 Å². The summed E-state index contributed by atoms with van der Waals surface area (Å²) in [4.78, 5) is 4.20. The molecule has 5 heteroatoms. The zero-order valence-electron chi connectivity index (χ0n) is 11.2. The minimum absolute atomic E-state index is 0.369. The van der Waals surface area contributed by atoms with Crippen LogP contribution in [0.4, 0.5) is 0 Å². The van der Waals surface area contributed by atoms with Crippen molar-refractivity contribution in [2.24, 2.45) is 5.16 Å². The SMILES string of the molecule is CCOc1cc(/C=N\O)ccc1OCc1ccccn1. The van der Waals surface area contributed by atoms with Gasteiger partial charge in [-0.1, -0.05) is 11.2 Å². The molecule has 0 fully saturated rings. The molecule has 0 bridgehead atoms. The minimum Gasteiger partial charge on any atom is -0.490 e. The van der Waals surface area contributed by atoms with E-state index in [1.807, 2.05) is 25.1 Å². The lowest BCUT2D eigenvalue weighted by molar-refractivity contribution is 0.266. The van der Waals surface area contributed by atoms with Gasteiger partial charge in [-0.3, -0.25) is 4.98 Å². The molecular weight excluding hydrogens is 256 g/mol. The lowest BCUT2D eigenvalue weighted by Gasteiger charge is -2.12. The molecule has 0 saturated heterocycles. The van der Waals surface area contributed by atoms with E-state index in [0.29, 0.717) is 24.7 Å². The monoisotopic (exact) mass is 272 g/mol. The first-order valence-corrected chi connectivity index (χ1v) is 6.30. The molecule has 1 aromatic carbocycles. The maximum Gasteiger partial charge on any atom is 0.161 e. The summed E-state index contributed by atoms with van der Waals surface area (Å²) in [7, 11) is 0. The van der Waals surface area contributed by atoms with Crippen LogP contribution in [0.2, 0.25) is 0 Å². The van der Waals surface area contributed by atoms with E-state index in [1.165, 1.54) is 6.21 Å². The van der Waals surface area contributed by atoms with Gasteiger partial charge < -0.3 is 14.7 Å². The first kappa shape index (κ1) is 13.9. The minimum atomic E-state index is 0.369. The number of nitrogens with zero attached hydrogens (tertiary/aromatic N) is 2. The molecule has 0 aliphatic rings. The first-order valence-electron chi connectivity index (χ1n) is 6.30. The molecule has 0 atom stereocenters. The van der Waals surface area contributed by atoms with Crippen LogP contribution >= 0.6 is 0 Å². The fraction of sp³-hybridized carbons (Fsp3) is 0.200. The molecule has 1 aromatic heterocycles. The Hall–Kier alpha value is -2.56. The third-order valence-corrected chi connectivity index (χ3v) is 2.58. The van der Waals surface area contributed by atoms with E-state index in [-0.39, 0.29) is 0 Å². The Morgan fingerprint density at radius 3 is 2.80 bits per heavy atom. The molecule has 0 saturated carbocycles. The van der Waals surface area contributed by atoms with Crippen molar-refractivity contribution in [3.8, 4) is 11.5 Å². The van der Waals surface area contributed by atoms with Crippen molar-refractivity contribution < 1.29 is 14.7 Å². The smallest absolute Gasteiger partial charge is 0.161 e. The van der Waals surface area contributed by atoms with Gasteiger partial charge in [-0.25, -0.2) is 0 Å². The molecule has 1 N–H and O–H groups in total. The summed E-state index contributed by atoms with van der Waals surface area (Å²) in [6.07, 6.45) is 3.06. The Balaban J connectivity index is 2.13. The third-order valence-electron chi connectivity index (χ3n) is 2.58. The van der Waals surface area contributed by atoms with Gasteiger partial charge in [0.15, 0.2) is 11.5 Å². The molecule has 0 unspecified atom stereocenters. The van der Waals surface area contributed by atoms with E-state index < -0.39 is 0 Å². The maximum absolute atomic E-state index is 8.55. The lowest BCUT2D eigenvalue weighted by Crippen LogP contribution is -2.01. The number of rotatable bonds is 6. The van der Waals surface area contributed by atoms with Crippen LogP contribution in [0.1, 0.15) is 18.2 Å².